The summed E-state index contributed by atoms with van der Waals surface area (Å²) in [7, 11) is -3.13. The van der Waals surface area contributed by atoms with Crippen LogP contribution in [0.3, 0.4) is 0 Å². The second kappa shape index (κ2) is 8.82. The lowest BCUT2D eigenvalue weighted by Gasteiger charge is -2.18. The zero-order chi connectivity index (χ0) is 15.7. The molecule has 0 radical (unpaired) electrons. The SMILES string of the molecule is CCOC(=O)c1ccc(NCP(=O)(OCC)OCC)cc1. The van der Waals surface area contributed by atoms with Crippen molar-refractivity contribution in [3.63, 3.8) is 0 Å². The molecule has 0 saturated heterocycles. The topological polar surface area (TPSA) is 73.9 Å². The van der Waals surface area contributed by atoms with Crippen molar-refractivity contribution in [2.24, 2.45) is 0 Å². The average molecular weight is 315 g/mol. The predicted molar refractivity (Wildman–Crippen MR) is 81.7 cm³/mol. The molecule has 21 heavy (non-hydrogen) atoms. The van der Waals surface area contributed by atoms with E-state index in [4.69, 9.17) is 13.8 Å². The molecule has 1 N–H and O–H groups in total. The Hall–Kier alpha value is -1.36. The van der Waals surface area contributed by atoms with E-state index in [0.29, 0.717) is 25.4 Å². The molecule has 0 fully saturated rings. The van der Waals surface area contributed by atoms with Crippen LogP contribution in [0.4, 0.5) is 5.69 Å². The van der Waals surface area contributed by atoms with E-state index in [1.54, 1.807) is 45.0 Å². The number of anilines is 1. The Morgan fingerprint density at radius 1 is 1.05 bits per heavy atom. The van der Waals surface area contributed by atoms with Gasteiger partial charge in [0.2, 0.25) is 0 Å². The maximum atomic E-state index is 12.3. The fourth-order valence-corrected chi connectivity index (χ4v) is 3.07. The second-order valence-corrected chi connectivity index (χ2v) is 6.13. The molecule has 0 aliphatic rings. The fourth-order valence-electron chi connectivity index (χ4n) is 1.65. The van der Waals surface area contributed by atoms with Crippen molar-refractivity contribution < 1.29 is 23.1 Å². The van der Waals surface area contributed by atoms with Crippen LogP contribution in [0.15, 0.2) is 24.3 Å². The van der Waals surface area contributed by atoms with Gasteiger partial charge in [0.15, 0.2) is 0 Å². The van der Waals surface area contributed by atoms with E-state index in [-0.39, 0.29) is 12.3 Å². The van der Waals surface area contributed by atoms with Crippen LogP contribution < -0.4 is 5.32 Å². The normalized spacial score (nSPS) is 11.2. The molecule has 0 aliphatic carbocycles. The summed E-state index contributed by atoms with van der Waals surface area (Å²) in [5, 5.41) is 2.99. The quantitative estimate of drug-likeness (QED) is 0.555. The lowest BCUT2D eigenvalue weighted by Crippen LogP contribution is -2.08. The van der Waals surface area contributed by atoms with E-state index < -0.39 is 7.60 Å². The number of esters is 1. The lowest BCUT2D eigenvalue weighted by atomic mass is 10.2. The third-order valence-corrected chi connectivity index (χ3v) is 4.37. The van der Waals surface area contributed by atoms with Crippen LogP contribution in [-0.2, 0) is 18.3 Å². The molecular weight excluding hydrogens is 293 g/mol. The Balaban J connectivity index is 2.63. The first-order chi connectivity index (χ1) is 10.0. The zero-order valence-corrected chi connectivity index (χ0v) is 13.5. The summed E-state index contributed by atoms with van der Waals surface area (Å²) in [6.07, 6.45) is 0.0768. The molecule has 0 heterocycles. The van der Waals surface area contributed by atoms with Gasteiger partial charge in [0.25, 0.3) is 0 Å². The van der Waals surface area contributed by atoms with Gasteiger partial charge in [-0.3, -0.25) is 4.57 Å². The van der Waals surface area contributed by atoms with Crippen LogP contribution in [-0.4, -0.2) is 32.1 Å². The van der Waals surface area contributed by atoms with Crippen LogP contribution in [0.1, 0.15) is 31.1 Å². The Morgan fingerprint density at radius 2 is 1.62 bits per heavy atom. The molecule has 7 heteroatoms. The van der Waals surface area contributed by atoms with Crippen LogP contribution in [0, 0.1) is 0 Å². The van der Waals surface area contributed by atoms with Crippen LogP contribution in [0.5, 0.6) is 0 Å². The minimum Gasteiger partial charge on any atom is -0.462 e. The Morgan fingerprint density at radius 3 is 2.10 bits per heavy atom. The second-order valence-electron chi connectivity index (χ2n) is 4.08. The lowest BCUT2D eigenvalue weighted by molar-refractivity contribution is 0.0526. The maximum Gasteiger partial charge on any atom is 0.349 e. The van der Waals surface area contributed by atoms with E-state index in [2.05, 4.69) is 5.32 Å². The zero-order valence-electron chi connectivity index (χ0n) is 12.6. The number of nitrogens with one attached hydrogen (secondary N) is 1. The monoisotopic (exact) mass is 315 g/mol. The van der Waals surface area contributed by atoms with E-state index >= 15 is 0 Å². The van der Waals surface area contributed by atoms with Gasteiger partial charge in [-0.15, -0.1) is 0 Å². The summed E-state index contributed by atoms with van der Waals surface area (Å²) in [4.78, 5) is 11.5. The van der Waals surface area contributed by atoms with Crippen molar-refractivity contribution in [2.75, 3.05) is 31.4 Å². The third kappa shape index (κ3) is 5.87. The number of hydrogen-bond acceptors (Lipinski definition) is 6. The molecule has 0 atom stereocenters. The molecular formula is C14H22NO5P. The highest BCUT2D eigenvalue weighted by Gasteiger charge is 2.22. The first-order valence-corrected chi connectivity index (χ1v) is 8.66. The molecule has 1 aromatic rings. The first-order valence-electron chi connectivity index (χ1n) is 6.93. The number of benzene rings is 1. The summed E-state index contributed by atoms with van der Waals surface area (Å²) >= 11 is 0. The van der Waals surface area contributed by atoms with E-state index in [1.165, 1.54) is 0 Å². The average Bonchev–Trinajstić information content (AvgIpc) is 2.46. The summed E-state index contributed by atoms with van der Waals surface area (Å²) in [6.45, 7) is 6.26. The van der Waals surface area contributed by atoms with Crippen LogP contribution in [0.25, 0.3) is 0 Å². The minimum atomic E-state index is -3.13. The molecule has 0 saturated carbocycles. The number of rotatable bonds is 9. The minimum absolute atomic E-state index is 0.0768. The van der Waals surface area contributed by atoms with E-state index in [0.717, 1.165) is 5.69 Å². The number of hydrogen-bond donors (Lipinski definition) is 1. The molecule has 0 unspecified atom stereocenters. The van der Waals surface area contributed by atoms with Gasteiger partial charge in [0.1, 0.15) is 6.29 Å². The maximum absolute atomic E-state index is 12.3. The summed E-state index contributed by atoms with van der Waals surface area (Å²) in [5.74, 6) is -0.363. The van der Waals surface area contributed by atoms with Gasteiger partial charge in [-0.05, 0) is 45.0 Å². The van der Waals surface area contributed by atoms with Gasteiger partial charge in [-0.25, -0.2) is 4.79 Å². The van der Waals surface area contributed by atoms with Crippen molar-refractivity contribution in [3.8, 4) is 0 Å². The van der Waals surface area contributed by atoms with Gasteiger partial charge < -0.3 is 19.1 Å². The van der Waals surface area contributed by atoms with Crippen molar-refractivity contribution in [2.45, 2.75) is 20.8 Å². The van der Waals surface area contributed by atoms with Crippen LogP contribution >= 0.6 is 7.60 Å². The Bertz CT molecular complexity index is 479. The standard InChI is InChI=1S/C14H22NO5P/c1-4-18-14(16)12-7-9-13(10-8-12)15-11-21(17,19-5-2)20-6-3/h7-10,15H,4-6,11H2,1-3H3. The number of ether oxygens (including phenoxy) is 1. The van der Waals surface area contributed by atoms with Crippen LogP contribution in [0.2, 0.25) is 0 Å². The molecule has 0 spiro atoms. The van der Waals surface area contributed by atoms with Crippen molar-refractivity contribution in [1.82, 2.24) is 0 Å². The summed E-state index contributed by atoms with van der Waals surface area (Å²) in [5.41, 5.74) is 1.20. The van der Waals surface area contributed by atoms with E-state index in [9.17, 15) is 9.36 Å². The van der Waals surface area contributed by atoms with Crippen molar-refractivity contribution in [3.05, 3.63) is 29.8 Å². The van der Waals surface area contributed by atoms with E-state index in [1.807, 2.05) is 0 Å². The van der Waals surface area contributed by atoms with Gasteiger partial charge in [0, 0.05) is 5.69 Å². The molecule has 0 bridgehead atoms. The van der Waals surface area contributed by atoms with Gasteiger partial charge in [-0.1, -0.05) is 0 Å². The molecule has 118 valence electrons. The number of carbonyl (C=O) groups is 1. The highest BCUT2D eigenvalue weighted by atomic mass is 31.2. The van der Waals surface area contributed by atoms with Gasteiger partial charge in [0.05, 0.1) is 25.4 Å². The molecule has 0 aliphatic heterocycles. The highest BCUT2D eigenvalue weighted by molar-refractivity contribution is 7.53. The predicted octanol–water partition coefficient (Wildman–Crippen LogP) is 3.50. The molecule has 0 aromatic heterocycles. The molecule has 1 rings (SSSR count). The summed E-state index contributed by atoms with van der Waals surface area (Å²) in [6, 6.07) is 6.72. The van der Waals surface area contributed by atoms with Gasteiger partial charge in [-0.2, -0.15) is 0 Å². The molecule has 1 aromatic carbocycles. The fraction of sp³-hybridized carbons (Fsp3) is 0.500. The first kappa shape index (κ1) is 17.7. The van der Waals surface area contributed by atoms with Crippen molar-refractivity contribution in [1.29, 1.82) is 0 Å². The molecule has 0 amide bonds. The van der Waals surface area contributed by atoms with Gasteiger partial charge >= 0.3 is 13.6 Å². The Kier molecular flexibility index (Phi) is 7.43. The Labute approximate surface area is 125 Å². The smallest absolute Gasteiger partial charge is 0.349 e. The third-order valence-electron chi connectivity index (χ3n) is 2.52. The summed E-state index contributed by atoms with van der Waals surface area (Å²) < 4.78 is 27.5. The largest absolute Gasteiger partial charge is 0.462 e. The highest BCUT2D eigenvalue weighted by Crippen LogP contribution is 2.47. The van der Waals surface area contributed by atoms with Crippen molar-refractivity contribution >= 4 is 19.3 Å². The molecule has 6 nitrogen and oxygen atoms in total. The number of carbonyl (C=O) groups excluding carboxylic acids is 1.